The van der Waals surface area contributed by atoms with E-state index < -0.39 is 10.0 Å². The SMILES string of the molecule is CC(=O)Nc1ccc(S(=O)(=O)N(C2CCCC2)C2CC2)cc1. The Hall–Kier alpha value is -1.40. The average Bonchev–Trinajstić information content (AvgIpc) is 3.13. The molecule has 5 nitrogen and oxygen atoms in total. The Balaban J connectivity index is 1.85. The van der Waals surface area contributed by atoms with E-state index in [0.717, 1.165) is 38.5 Å². The molecule has 2 aliphatic rings. The molecule has 3 rings (SSSR count). The minimum Gasteiger partial charge on any atom is -0.326 e. The number of rotatable bonds is 5. The zero-order chi connectivity index (χ0) is 15.7. The Morgan fingerprint density at radius 2 is 1.59 bits per heavy atom. The van der Waals surface area contributed by atoms with Gasteiger partial charge in [-0.3, -0.25) is 4.79 Å². The Morgan fingerprint density at radius 1 is 1.05 bits per heavy atom. The summed E-state index contributed by atoms with van der Waals surface area (Å²) >= 11 is 0. The second kappa shape index (κ2) is 6.01. The van der Waals surface area contributed by atoms with Crippen LogP contribution in [-0.2, 0) is 14.8 Å². The molecule has 0 saturated heterocycles. The van der Waals surface area contributed by atoms with Crippen molar-refractivity contribution < 1.29 is 13.2 Å². The zero-order valence-electron chi connectivity index (χ0n) is 12.8. The second-order valence-corrected chi connectivity index (χ2v) is 8.05. The molecule has 1 aromatic rings. The minimum atomic E-state index is -3.45. The van der Waals surface area contributed by atoms with E-state index in [2.05, 4.69) is 5.32 Å². The summed E-state index contributed by atoms with van der Waals surface area (Å²) in [6.45, 7) is 1.43. The number of amides is 1. The molecule has 0 heterocycles. The van der Waals surface area contributed by atoms with Crippen LogP contribution in [0.4, 0.5) is 5.69 Å². The summed E-state index contributed by atoms with van der Waals surface area (Å²) in [6, 6.07) is 6.81. The molecule has 2 aliphatic carbocycles. The predicted octanol–water partition coefficient (Wildman–Crippen LogP) is 2.74. The first kappa shape index (κ1) is 15.5. The third kappa shape index (κ3) is 3.17. The predicted molar refractivity (Wildman–Crippen MR) is 85.0 cm³/mol. The van der Waals surface area contributed by atoms with Crippen molar-refractivity contribution in [1.82, 2.24) is 4.31 Å². The van der Waals surface area contributed by atoms with E-state index in [1.54, 1.807) is 28.6 Å². The maximum absolute atomic E-state index is 13.0. The fourth-order valence-corrected chi connectivity index (χ4v) is 5.14. The van der Waals surface area contributed by atoms with Crippen molar-refractivity contribution in [2.45, 2.75) is 62.4 Å². The number of benzene rings is 1. The Kier molecular flexibility index (Phi) is 4.23. The van der Waals surface area contributed by atoms with Crippen LogP contribution < -0.4 is 5.32 Å². The first-order chi connectivity index (χ1) is 10.5. The number of hydrogen-bond donors (Lipinski definition) is 1. The van der Waals surface area contributed by atoms with Crippen molar-refractivity contribution >= 4 is 21.6 Å². The molecular weight excluding hydrogens is 300 g/mol. The summed E-state index contributed by atoms with van der Waals surface area (Å²) in [5.74, 6) is -0.166. The summed E-state index contributed by atoms with van der Waals surface area (Å²) in [7, 11) is -3.45. The molecule has 1 aromatic carbocycles. The van der Waals surface area contributed by atoms with Crippen molar-refractivity contribution in [3.8, 4) is 0 Å². The van der Waals surface area contributed by atoms with E-state index in [1.165, 1.54) is 6.92 Å². The number of nitrogens with zero attached hydrogens (tertiary/aromatic N) is 1. The van der Waals surface area contributed by atoms with Crippen molar-refractivity contribution in [3.63, 3.8) is 0 Å². The number of sulfonamides is 1. The first-order valence-electron chi connectivity index (χ1n) is 7.89. The second-order valence-electron chi connectivity index (χ2n) is 6.21. The molecule has 0 aromatic heterocycles. The molecule has 0 aliphatic heterocycles. The summed E-state index contributed by atoms with van der Waals surface area (Å²) in [4.78, 5) is 11.4. The van der Waals surface area contributed by atoms with Gasteiger partial charge in [0.1, 0.15) is 0 Å². The van der Waals surface area contributed by atoms with Gasteiger partial charge < -0.3 is 5.32 Å². The normalized spacial score (nSPS) is 19.5. The number of nitrogens with one attached hydrogen (secondary N) is 1. The molecule has 120 valence electrons. The van der Waals surface area contributed by atoms with Gasteiger partial charge >= 0.3 is 0 Å². The standard InChI is InChI=1S/C16H22N2O3S/c1-12(19)17-13-6-10-16(11-7-13)22(20,21)18(15-8-9-15)14-4-2-3-5-14/h6-7,10-11,14-15H,2-5,8-9H2,1H3,(H,17,19). The lowest BCUT2D eigenvalue weighted by Crippen LogP contribution is -2.40. The summed E-state index contributed by atoms with van der Waals surface area (Å²) in [5.41, 5.74) is 0.616. The highest BCUT2D eigenvalue weighted by atomic mass is 32.2. The quantitative estimate of drug-likeness (QED) is 0.906. The zero-order valence-corrected chi connectivity index (χ0v) is 13.6. The van der Waals surface area contributed by atoms with Crippen LogP contribution in [-0.4, -0.2) is 30.7 Å². The third-order valence-electron chi connectivity index (χ3n) is 4.34. The summed E-state index contributed by atoms with van der Waals surface area (Å²) in [5, 5.41) is 2.66. The molecule has 2 fully saturated rings. The van der Waals surface area contributed by atoms with Gasteiger partial charge in [0.2, 0.25) is 15.9 Å². The van der Waals surface area contributed by atoms with Gasteiger partial charge in [-0.25, -0.2) is 8.42 Å². The van der Waals surface area contributed by atoms with E-state index in [-0.39, 0.29) is 18.0 Å². The van der Waals surface area contributed by atoms with Crippen molar-refractivity contribution in [2.24, 2.45) is 0 Å². The van der Waals surface area contributed by atoms with E-state index in [9.17, 15) is 13.2 Å². The van der Waals surface area contributed by atoms with Gasteiger partial charge in [0.05, 0.1) is 4.90 Å². The van der Waals surface area contributed by atoms with Crippen LogP contribution in [0.5, 0.6) is 0 Å². The molecule has 6 heteroatoms. The fourth-order valence-electron chi connectivity index (χ4n) is 3.21. The van der Waals surface area contributed by atoms with Crippen LogP contribution in [0.15, 0.2) is 29.2 Å². The number of carbonyl (C=O) groups excluding carboxylic acids is 1. The highest BCUT2D eigenvalue weighted by Crippen LogP contribution is 2.38. The average molecular weight is 322 g/mol. The molecule has 1 amide bonds. The van der Waals surface area contributed by atoms with Crippen LogP contribution in [0.3, 0.4) is 0 Å². The number of carbonyl (C=O) groups is 1. The van der Waals surface area contributed by atoms with E-state index in [4.69, 9.17) is 0 Å². The van der Waals surface area contributed by atoms with Crippen LogP contribution in [0, 0.1) is 0 Å². The Morgan fingerprint density at radius 3 is 2.09 bits per heavy atom. The molecule has 0 spiro atoms. The maximum atomic E-state index is 13.0. The van der Waals surface area contributed by atoms with Crippen LogP contribution in [0.25, 0.3) is 0 Å². The van der Waals surface area contributed by atoms with Gasteiger partial charge in [-0.2, -0.15) is 4.31 Å². The Labute approximate surface area is 131 Å². The molecular formula is C16H22N2O3S. The van der Waals surface area contributed by atoms with Gasteiger partial charge in [0, 0.05) is 24.7 Å². The first-order valence-corrected chi connectivity index (χ1v) is 9.33. The van der Waals surface area contributed by atoms with Gasteiger partial charge in [-0.05, 0) is 49.9 Å². The third-order valence-corrected chi connectivity index (χ3v) is 6.36. The van der Waals surface area contributed by atoms with Gasteiger partial charge in [0.15, 0.2) is 0 Å². The summed E-state index contributed by atoms with van der Waals surface area (Å²) in [6.07, 6.45) is 6.12. The highest BCUT2D eigenvalue weighted by molar-refractivity contribution is 7.89. The van der Waals surface area contributed by atoms with Gasteiger partial charge in [-0.15, -0.1) is 0 Å². The molecule has 22 heavy (non-hydrogen) atoms. The maximum Gasteiger partial charge on any atom is 0.243 e. The number of hydrogen-bond acceptors (Lipinski definition) is 3. The molecule has 0 radical (unpaired) electrons. The van der Waals surface area contributed by atoms with Crippen LogP contribution in [0.1, 0.15) is 45.4 Å². The van der Waals surface area contributed by atoms with E-state index in [0.29, 0.717) is 10.6 Å². The monoisotopic (exact) mass is 322 g/mol. The van der Waals surface area contributed by atoms with Gasteiger partial charge in [0.25, 0.3) is 0 Å². The molecule has 0 bridgehead atoms. The highest BCUT2D eigenvalue weighted by Gasteiger charge is 2.43. The Bertz CT molecular complexity index is 644. The van der Waals surface area contributed by atoms with E-state index in [1.807, 2.05) is 0 Å². The van der Waals surface area contributed by atoms with Crippen LogP contribution in [0.2, 0.25) is 0 Å². The number of anilines is 1. The van der Waals surface area contributed by atoms with Crippen molar-refractivity contribution in [1.29, 1.82) is 0 Å². The van der Waals surface area contributed by atoms with Crippen LogP contribution >= 0.6 is 0 Å². The van der Waals surface area contributed by atoms with Crippen molar-refractivity contribution in [2.75, 3.05) is 5.32 Å². The van der Waals surface area contributed by atoms with Gasteiger partial charge in [-0.1, -0.05) is 12.8 Å². The lowest BCUT2D eigenvalue weighted by Gasteiger charge is -2.28. The fraction of sp³-hybridized carbons (Fsp3) is 0.562. The van der Waals surface area contributed by atoms with E-state index >= 15 is 0 Å². The molecule has 2 saturated carbocycles. The molecule has 0 atom stereocenters. The largest absolute Gasteiger partial charge is 0.326 e. The smallest absolute Gasteiger partial charge is 0.243 e. The summed E-state index contributed by atoms with van der Waals surface area (Å²) < 4.78 is 27.7. The topological polar surface area (TPSA) is 66.5 Å². The molecule has 1 N–H and O–H groups in total. The lowest BCUT2D eigenvalue weighted by atomic mass is 10.2. The van der Waals surface area contributed by atoms with Crippen molar-refractivity contribution in [3.05, 3.63) is 24.3 Å². The lowest BCUT2D eigenvalue weighted by molar-refractivity contribution is -0.114. The molecule has 0 unspecified atom stereocenters. The minimum absolute atomic E-state index is 0.160.